The molecule has 1 amide bonds. The molecule has 0 saturated heterocycles. The average Bonchev–Trinajstić information content (AvgIpc) is 3.17. The molecule has 0 bridgehead atoms. The zero-order valence-corrected chi connectivity index (χ0v) is 15.7. The number of carbonyl (C=O) groups is 2. The number of aromatic nitrogens is 2. The number of ether oxygens (including phenoxy) is 1. The van der Waals surface area contributed by atoms with Crippen LogP contribution in [-0.2, 0) is 22.6 Å². The Morgan fingerprint density at radius 3 is 2.50 bits per heavy atom. The molecule has 7 heteroatoms. The minimum absolute atomic E-state index is 0.119. The molecule has 0 fully saturated rings. The molecule has 0 saturated carbocycles. The van der Waals surface area contributed by atoms with Crippen LogP contribution in [0, 0.1) is 0 Å². The van der Waals surface area contributed by atoms with Crippen LogP contribution in [0.15, 0.2) is 59.1 Å². The molecule has 0 atom stereocenters. The van der Waals surface area contributed by atoms with Crippen LogP contribution in [-0.4, -0.2) is 22.0 Å². The summed E-state index contributed by atoms with van der Waals surface area (Å²) in [4.78, 5) is 28.9. The summed E-state index contributed by atoms with van der Waals surface area (Å²) < 4.78 is 10.3. The predicted octanol–water partition coefficient (Wildman–Crippen LogP) is 3.73. The number of amides is 1. The first kappa shape index (κ1) is 19.3. The van der Waals surface area contributed by atoms with Crippen LogP contribution >= 0.6 is 0 Å². The van der Waals surface area contributed by atoms with E-state index in [9.17, 15) is 9.59 Å². The van der Waals surface area contributed by atoms with Crippen molar-refractivity contribution in [2.75, 3.05) is 5.32 Å². The number of rotatable bonds is 7. The molecule has 0 radical (unpaired) electrons. The van der Waals surface area contributed by atoms with Crippen molar-refractivity contribution < 1.29 is 18.8 Å². The van der Waals surface area contributed by atoms with Gasteiger partial charge in [0, 0.05) is 5.92 Å². The molecule has 1 aromatic heterocycles. The van der Waals surface area contributed by atoms with E-state index in [0.717, 1.165) is 5.56 Å². The highest BCUT2D eigenvalue weighted by Gasteiger charge is 2.17. The van der Waals surface area contributed by atoms with E-state index in [1.54, 1.807) is 24.3 Å². The first-order chi connectivity index (χ1) is 13.5. The van der Waals surface area contributed by atoms with Gasteiger partial charge < -0.3 is 14.6 Å². The van der Waals surface area contributed by atoms with Crippen molar-refractivity contribution in [1.29, 1.82) is 0 Å². The van der Waals surface area contributed by atoms with Crippen LogP contribution in [0.25, 0.3) is 0 Å². The SMILES string of the molecule is CC(C)c1noc(COC(=O)c2ccccc2NC(=O)Cc2ccccc2)n1. The van der Waals surface area contributed by atoms with E-state index >= 15 is 0 Å². The highest BCUT2D eigenvalue weighted by Crippen LogP contribution is 2.18. The summed E-state index contributed by atoms with van der Waals surface area (Å²) >= 11 is 0. The zero-order valence-electron chi connectivity index (χ0n) is 15.7. The van der Waals surface area contributed by atoms with Gasteiger partial charge in [0.1, 0.15) is 0 Å². The molecule has 28 heavy (non-hydrogen) atoms. The topological polar surface area (TPSA) is 94.3 Å². The fourth-order valence-electron chi connectivity index (χ4n) is 2.51. The molecule has 0 aliphatic heterocycles. The minimum Gasteiger partial charge on any atom is -0.452 e. The maximum atomic E-state index is 12.5. The van der Waals surface area contributed by atoms with Crippen molar-refractivity contribution in [3.63, 3.8) is 0 Å². The summed E-state index contributed by atoms with van der Waals surface area (Å²) in [6.45, 7) is 3.74. The van der Waals surface area contributed by atoms with Crippen molar-refractivity contribution >= 4 is 17.6 Å². The lowest BCUT2D eigenvalue weighted by atomic mass is 10.1. The lowest BCUT2D eigenvalue weighted by molar-refractivity contribution is -0.115. The molecule has 0 aliphatic carbocycles. The number of para-hydroxylation sites is 1. The summed E-state index contributed by atoms with van der Waals surface area (Å²) in [5.41, 5.74) is 1.53. The fourth-order valence-corrected chi connectivity index (χ4v) is 2.51. The molecule has 1 heterocycles. The number of hydrogen-bond donors (Lipinski definition) is 1. The fraction of sp³-hybridized carbons (Fsp3) is 0.238. The number of carbonyl (C=O) groups excluding carboxylic acids is 2. The Balaban J connectivity index is 1.63. The number of anilines is 1. The molecular weight excluding hydrogens is 358 g/mol. The van der Waals surface area contributed by atoms with Gasteiger partial charge in [0.25, 0.3) is 5.89 Å². The highest BCUT2D eigenvalue weighted by atomic mass is 16.6. The molecule has 3 rings (SSSR count). The smallest absolute Gasteiger partial charge is 0.340 e. The molecule has 3 aromatic rings. The molecule has 144 valence electrons. The average molecular weight is 379 g/mol. The maximum absolute atomic E-state index is 12.5. The lowest BCUT2D eigenvalue weighted by Crippen LogP contribution is -2.17. The van der Waals surface area contributed by atoms with E-state index in [4.69, 9.17) is 9.26 Å². The number of nitrogens with zero attached hydrogens (tertiary/aromatic N) is 2. The van der Waals surface area contributed by atoms with E-state index < -0.39 is 5.97 Å². The first-order valence-corrected chi connectivity index (χ1v) is 8.95. The van der Waals surface area contributed by atoms with Gasteiger partial charge in [-0.05, 0) is 17.7 Å². The lowest BCUT2D eigenvalue weighted by Gasteiger charge is -2.10. The van der Waals surface area contributed by atoms with Gasteiger partial charge in [0.2, 0.25) is 5.91 Å². The van der Waals surface area contributed by atoms with Crippen LogP contribution in [0.5, 0.6) is 0 Å². The van der Waals surface area contributed by atoms with E-state index in [1.165, 1.54) is 0 Å². The van der Waals surface area contributed by atoms with E-state index in [-0.39, 0.29) is 36.3 Å². The number of hydrogen-bond acceptors (Lipinski definition) is 6. The first-order valence-electron chi connectivity index (χ1n) is 8.95. The highest BCUT2D eigenvalue weighted by molar-refractivity contribution is 6.01. The van der Waals surface area contributed by atoms with E-state index in [0.29, 0.717) is 11.5 Å². The second-order valence-electron chi connectivity index (χ2n) is 6.53. The molecule has 0 aliphatic rings. The van der Waals surface area contributed by atoms with Crippen molar-refractivity contribution in [3.05, 3.63) is 77.4 Å². The van der Waals surface area contributed by atoms with Crippen LogP contribution in [0.3, 0.4) is 0 Å². The van der Waals surface area contributed by atoms with Crippen molar-refractivity contribution in [2.24, 2.45) is 0 Å². The Bertz CT molecular complexity index is 951. The monoisotopic (exact) mass is 379 g/mol. The van der Waals surface area contributed by atoms with Crippen LogP contribution in [0.1, 0.15) is 47.4 Å². The van der Waals surface area contributed by atoms with E-state index in [1.807, 2.05) is 44.2 Å². The molecule has 0 unspecified atom stereocenters. The largest absolute Gasteiger partial charge is 0.452 e. The van der Waals surface area contributed by atoms with Crippen LogP contribution in [0.4, 0.5) is 5.69 Å². The zero-order chi connectivity index (χ0) is 19.9. The van der Waals surface area contributed by atoms with Gasteiger partial charge in [0.15, 0.2) is 12.4 Å². The Hall–Kier alpha value is -3.48. The molecule has 0 spiro atoms. The molecule has 1 N–H and O–H groups in total. The quantitative estimate of drug-likeness (QED) is 0.629. The Labute approximate surface area is 162 Å². The summed E-state index contributed by atoms with van der Waals surface area (Å²) in [6, 6.07) is 16.1. The van der Waals surface area contributed by atoms with Gasteiger partial charge in [-0.1, -0.05) is 61.5 Å². The predicted molar refractivity (Wildman–Crippen MR) is 103 cm³/mol. The maximum Gasteiger partial charge on any atom is 0.340 e. The summed E-state index contributed by atoms with van der Waals surface area (Å²) in [7, 11) is 0. The second kappa shape index (κ2) is 8.94. The summed E-state index contributed by atoms with van der Waals surface area (Å²) in [5, 5.41) is 6.59. The van der Waals surface area contributed by atoms with Gasteiger partial charge in [0.05, 0.1) is 17.7 Å². The Morgan fingerprint density at radius 1 is 1.07 bits per heavy atom. The Kier molecular flexibility index (Phi) is 6.16. The van der Waals surface area contributed by atoms with E-state index in [2.05, 4.69) is 15.5 Å². The third kappa shape index (κ3) is 5.03. The number of nitrogens with one attached hydrogen (secondary N) is 1. The summed E-state index contributed by atoms with van der Waals surface area (Å²) in [5.74, 6) is 0.0980. The number of benzene rings is 2. The molecule has 2 aromatic carbocycles. The van der Waals surface area contributed by atoms with Crippen molar-refractivity contribution in [1.82, 2.24) is 10.1 Å². The minimum atomic E-state index is -0.583. The van der Waals surface area contributed by atoms with Crippen LogP contribution in [0.2, 0.25) is 0 Å². The Morgan fingerprint density at radius 2 is 1.79 bits per heavy atom. The van der Waals surface area contributed by atoms with Gasteiger partial charge in [-0.25, -0.2) is 4.79 Å². The normalized spacial score (nSPS) is 10.7. The van der Waals surface area contributed by atoms with Crippen LogP contribution < -0.4 is 5.32 Å². The number of esters is 1. The summed E-state index contributed by atoms with van der Waals surface area (Å²) in [6.07, 6.45) is 0.212. The van der Waals surface area contributed by atoms with Gasteiger partial charge >= 0.3 is 5.97 Å². The molecular formula is C21H21N3O4. The molecule has 7 nitrogen and oxygen atoms in total. The third-order valence-electron chi connectivity index (χ3n) is 3.96. The van der Waals surface area contributed by atoms with Gasteiger partial charge in [-0.3, -0.25) is 4.79 Å². The van der Waals surface area contributed by atoms with Crippen molar-refractivity contribution in [3.8, 4) is 0 Å². The van der Waals surface area contributed by atoms with Gasteiger partial charge in [-0.2, -0.15) is 4.98 Å². The standard InChI is InChI=1S/C21H21N3O4/c1-14(2)20-23-19(28-24-20)13-27-21(26)16-10-6-7-11-17(16)22-18(25)12-15-8-4-3-5-9-15/h3-11,14H,12-13H2,1-2H3,(H,22,25). The second-order valence-corrected chi connectivity index (χ2v) is 6.53. The third-order valence-corrected chi connectivity index (χ3v) is 3.96. The van der Waals surface area contributed by atoms with Gasteiger partial charge in [-0.15, -0.1) is 0 Å². The van der Waals surface area contributed by atoms with Crippen molar-refractivity contribution in [2.45, 2.75) is 32.8 Å².